The number of hydrogen-bond acceptors (Lipinski definition) is 3. The van der Waals surface area contributed by atoms with E-state index in [0.717, 1.165) is 19.3 Å². The molecule has 0 spiro atoms. The third-order valence-electron chi connectivity index (χ3n) is 3.16. The highest BCUT2D eigenvalue weighted by Gasteiger charge is 2.38. The SMILES string of the molecule is CCCC(COC)N1C(=O)C(C)NC1CC. The Hall–Kier alpha value is -0.610. The van der Waals surface area contributed by atoms with E-state index in [1.807, 2.05) is 11.8 Å². The van der Waals surface area contributed by atoms with E-state index in [1.165, 1.54) is 0 Å². The number of rotatable bonds is 6. The van der Waals surface area contributed by atoms with Gasteiger partial charge in [-0.05, 0) is 19.8 Å². The second kappa shape index (κ2) is 6.21. The van der Waals surface area contributed by atoms with Gasteiger partial charge in [0, 0.05) is 7.11 Å². The summed E-state index contributed by atoms with van der Waals surface area (Å²) in [7, 11) is 1.70. The Labute approximate surface area is 98.3 Å². The van der Waals surface area contributed by atoms with E-state index in [-0.39, 0.29) is 24.2 Å². The lowest BCUT2D eigenvalue weighted by atomic mass is 10.1. The number of ether oxygens (including phenoxy) is 1. The monoisotopic (exact) mass is 228 g/mol. The van der Waals surface area contributed by atoms with Crippen LogP contribution in [0.2, 0.25) is 0 Å². The number of amides is 1. The third-order valence-corrected chi connectivity index (χ3v) is 3.16. The highest BCUT2D eigenvalue weighted by Crippen LogP contribution is 2.20. The minimum absolute atomic E-state index is 0.0545. The van der Waals surface area contributed by atoms with Crippen LogP contribution in [0.3, 0.4) is 0 Å². The van der Waals surface area contributed by atoms with Crippen molar-refractivity contribution >= 4 is 5.91 Å². The fourth-order valence-corrected chi connectivity index (χ4v) is 2.39. The maximum absolute atomic E-state index is 12.1. The minimum atomic E-state index is -0.0545. The van der Waals surface area contributed by atoms with Crippen LogP contribution in [0, 0.1) is 0 Å². The lowest BCUT2D eigenvalue weighted by Crippen LogP contribution is -2.46. The predicted molar refractivity (Wildman–Crippen MR) is 64.1 cm³/mol. The summed E-state index contributed by atoms with van der Waals surface area (Å²) in [6, 6.07) is 0.158. The largest absolute Gasteiger partial charge is 0.383 e. The van der Waals surface area contributed by atoms with E-state index in [0.29, 0.717) is 6.61 Å². The fraction of sp³-hybridized carbons (Fsp3) is 0.917. The van der Waals surface area contributed by atoms with Crippen molar-refractivity contribution in [3.8, 4) is 0 Å². The summed E-state index contributed by atoms with van der Waals surface area (Å²) >= 11 is 0. The van der Waals surface area contributed by atoms with Crippen LogP contribution < -0.4 is 5.32 Å². The molecule has 0 radical (unpaired) electrons. The van der Waals surface area contributed by atoms with Crippen molar-refractivity contribution in [3.05, 3.63) is 0 Å². The van der Waals surface area contributed by atoms with Gasteiger partial charge in [0.05, 0.1) is 24.9 Å². The molecule has 1 fully saturated rings. The summed E-state index contributed by atoms with van der Waals surface area (Å²) in [5.41, 5.74) is 0. The molecule has 0 aromatic heterocycles. The van der Waals surface area contributed by atoms with E-state index in [2.05, 4.69) is 19.2 Å². The molecule has 1 heterocycles. The Morgan fingerprint density at radius 3 is 2.69 bits per heavy atom. The van der Waals surface area contributed by atoms with E-state index in [1.54, 1.807) is 7.11 Å². The lowest BCUT2D eigenvalue weighted by Gasteiger charge is -2.31. The van der Waals surface area contributed by atoms with Gasteiger partial charge < -0.3 is 9.64 Å². The Balaban J connectivity index is 2.75. The summed E-state index contributed by atoms with van der Waals surface area (Å²) in [6.07, 6.45) is 3.20. The molecule has 0 aliphatic carbocycles. The molecule has 4 heteroatoms. The van der Waals surface area contributed by atoms with Crippen molar-refractivity contribution in [2.24, 2.45) is 0 Å². The Bertz CT molecular complexity index is 227. The molecule has 4 nitrogen and oxygen atoms in total. The molecule has 3 unspecified atom stereocenters. The van der Waals surface area contributed by atoms with Crippen molar-refractivity contribution < 1.29 is 9.53 Å². The molecular formula is C12H24N2O2. The molecule has 0 saturated carbocycles. The molecule has 1 amide bonds. The molecule has 1 aliphatic rings. The Morgan fingerprint density at radius 2 is 2.19 bits per heavy atom. The Kier molecular flexibility index (Phi) is 5.22. The first-order valence-corrected chi connectivity index (χ1v) is 6.22. The van der Waals surface area contributed by atoms with Gasteiger partial charge in [0.2, 0.25) is 5.91 Å². The molecule has 0 aromatic rings. The molecule has 0 aromatic carbocycles. The summed E-state index contributed by atoms with van der Waals surface area (Å²) in [6.45, 7) is 6.80. The zero-order chi connectivity index (χ0) is 12.1. The average Bonchev–Trinajstić information content (AvgIpc) is 2.55. The third kappa shape index (κ3) is 2.74. The number of carbonyl (C=O) groups is 1. The lowest BCUT2D eigenvalue weighted by molar-refractivity contribution is -0.133. The van der Waals surface area contributed by atoms with Crippen molar-refractivity contribution in [1.29, 1.82) is 0 Å². The molecule has 94 valence electrons. The topological polar surface area (TPSA) is 41.6 Å². The van der Waals surface area contributed by atoms with E-state index < -0.39 is 0 Å². The number of nitrogens with zero attached hydrogens (tertiary/aromatic N) is 1. The van der Waals surface area contributed by atoms with Crippen molar-refractivity contribution in [1.82, 2.24) is 10.2 Å². The first-order chi connectivity index (χ1) is 7.65. The fourth-order valence-electron chi connectivity index (χ4n) is 2.39. The van der Waals surface area contributed by atoms with Gasteiger partial charge >= 0.3 is 0 Å². The van der Waals surface area contributed by atoms with Crippen LogP contribution in [0.15, 0.2) is 0 Å². The van der Waals surface area contributed by atoms with Crippen LogP contribution in [0.25, 0.3) is 0 Å². The van der Waals surface area contributed by atoms with Gasteiger partial charge in [-0.1, -0.05) is 20.3 Å². The van der Waals surface area contributed by atoms with E-state index >= 15 is 0 Å². The molecular weight excluding hydrogens is 204 g/mol. The number of hydrogen-bond donors (Lipinski definition) is 1. The second-order valence-corrected chi connectivity index (χ2v) is 4.46. The van der Waals surface area contributed by atoms with Crippen LogP contribution >= 0.6 is 0 Å². The first kappa shape index (κ1) is 13.5. The van der Waals surface area contributed by atoms with Crippen LogP contribution in [-0.2, 0) is 9.53 Å². The van der Waals surface area contributed by atoms with Gasteiger partial charge in [0.25, 0.3) is 0 Å². The normalized spacial score (nSPS) is 27.5. The standard InChI is InChI=1S/C12H24N2O2/c1-5-7-10(8-16-4)14-11(6-2)13-9(3)12(14)15/h9-11,13H,5-8H2,1-4H3. The molecule has 0 bridgehead atoms. The van der Waals surface area contributed by atoms with Gasteiger partial charge in [-0.3, -0.25) is 10.1 Å². The zero-order valence-electron chi connectivity index (χ0n) is 10.8. The van der Waals surface area contributed by atoms with E-state index in [4.69, 9.17) is 4.74 Å². The van der Waals surface area contributed by atoms with Crippen molar-refractivity contribution in [2.45, 2.75) is 58.3 Å². The summed E-state index contributed by atoms with van der Waals surface area (Å²) in [5.74, 6) is 0.211. The quantitative estimate of drug-likeness (QED) is 0.746. The van der Waals surface area contributed by atoms with Gasteiger partial charge in [-0.2, -0.15) is 0 Å². The first-order valence-electron chi connectivity index (χ1n) is 6.22. The molecule has 1 rings (SSSR count). The summed E-state index contributed by atoms with van der Waals surface area (Å²) < 4.78 is 5.22. The maximum Gasteiger partial charge on any atom is 0.241 e. The van der Waals surface area contributed by atoms with E-state index in [9.17, 15) is 4.79 Å². The summed E-state index contributed by atoms with van der Waals surface area (Å²) in [5, 5.41) is 3.32. The number of carbonyl (C=O) groups excluding carboxylic acids is 1. The average molecular weight is 228 g/mol. The zero-order valence-corrected chi connectivity index (χ0v) is 10.8. The van der Waals surface area contributed by atoms with Crippen LogP contribution in [-0.4, -0.2) is 42.8 Å². The molecule has 16 heavy (non-hydrogen) atoms. The molecule has 3 atom stereocenters. The molecule has 1 aliphatic heterocycles. The van der Waals surface area contributed by atoms with Crippen molar-refractivity contribution in [2.75, 3.05) is 13.7 Å². The number of methoxy groups -OCH3 is 1. The minimum Gasteiger partial charge on any atom is -0.383 e. The van der Waals surface area contributed by atoms with Crippen molar-refractivity contribution in [3.63, 3.8) is 0 Å². The Morgan fingerprint density at radius 1 is 1.50 bits per heavy atom. The van der Waals surface area contributed by atoms with Gasteiger partial charge in [0.1, 0.15) is 0 Å². The van der Waals surface area contributed by atoms with Gasteiger partial charge in [-0.15, -0.1) is 0 Å². The summed E-state index contributed by atoms with van der Waals surface area (Å²) in [4.78, 5) is 14.1. The van der Waals surface area contributed by atoms with Crippen LogP contribution in [0.5, 0.6) is 0 Å². The predicted octanol–water partition coefficient (Wildman–Crippen LogP) is 1.36. The van der Waals surface area contributed by atoms with Gasteiger partial charge in [-0.25, -0.2) is 0 Å². The highest BCUT2D eigenvalue weighted by molar-refractivity contribution is 5.84. The van der Waals surface area contributed by atoms with Crippen LogP contribution in [0.4, 0.5) is 0 Å². The number of nitrogens with one attached hydrogen (secondary N) is 1. The molecule has 1 N–H and O–H groups in total. The second-order valence-electron chi connectivity index (χ2n) is 4.46. The molecule has 1 saturated heterocycles. The highest BCUT2D eigenvalue weighted by atomic mass is 16.5. The smallest absolute Gasteiger partial charge is 0.241 e. The maximum atomic E-state index is 12.1. The van der Waals surface area contributed by atoms with Gasteiger partial charge in [0.15, 0.2) is 0 Å². The van der Waals surface area contributed by atoms with Crippen LogP contribution in [0.1, 0.15) is 40.0 Å².